The molecule has 21 heavy (non-hydrogen) atoms. The monoisotopic (exact) mass is 297 g/mol. The predicted molar refractivity (Wildman–Crippen MR) is 76.7 cm³/mol. The Balaban J connectivity index is 2.01. The van der Waals surface area contributed by atoms with Gasteiger partial charge in [0, 0.05) is 32.7 Å². The lowest BCUT2D eigenvalue weighted by Gasteiger charge is -2.34. The topological polar surface area (TPSA) is 49.6 Å². The van der Waals surface area contributed by atoms with Crippen molar-refractivity contribution in [1.29, 1.82) is 0 Å². The van der Waals surface area contributed by atoms with Crippen LogP contribution in [0.3, 0.4) is 0 Å². The van der Waals surface area contributed by atoms with Gasteiger partial charge < -0.3 is 15.5 Å². The number of nitrogens with two attached hydrogens (primary N) is 1. The van der Waals surface area contributed by atoms with Crippen molar-refractivity contribution in [3.05, 3.63) is 35.4 Å². The molecule has 1 saturated heterocycles. The molecule has 0 spiro atoms. The van der Waals surface area contributed by atoms with Crippen LogP contribution < -0.4 is 5.73 Å². The number of likely N-dealkylation sites (N-methyl/N-ethyl adjacent to an activating group) is 1. The minimum Gasteiger partial charge on any atom is -0.340 e. The minimum absolute atomic E-state index is 0.00432. The summed E-state index contributed by atoms with van der Waals surface area (Å²) in [5, 5.41) is 0. The Morgan fingerprint density at radius 1 is 1.24 bits per heavy atom. The Bertz CT molecular complexity index is 502. The molecule has 1 aliphatic rings. The van der Waals surface area contributed by atoms with Crippen LogP contribution in [0.2, 0.25) is 0 Å². The number of nitrogens with zero attached hydrogens (tertiary/aromatic N) is 2. The fraction of sp³-hybridized carbons (Fsp3) is 0.533. The molecule has 0 bridgehead atoms. The Morgan fingerprint density at radius 3 is 2.48 bits per heavy atom. The Labute approximate surface area is 123 Å². The first-order valence-corrected chi connectivity index (χ1v) is 7.12. The second-order valence-corrected chi connectivity index (χ2v) is 5.51. The maximum Gasteiger partial charge on any atom is 0.227 e. The summed E-state index contributed by atoms with van der Waals surface area (Å²) in [5.74, 6) is -2.17. The third-order valence-electron chi connectivity index (χ3n) is 3.91. The highest BCUT2D eigenvalue weighted by atomic mass is 19.2. The molecule has 0 saturated carbocycles. The molecule has 1 heterocycles. The Kier molecular flexibility index (Phi) is 5.25. The average molecular weight is 297 g/mol. The highest BCUT2D eigenvalue weighted by molar-refractivity contribution is 5.79. The second kappa shape index (κ2) is 6.95. The van der Waals surface area contributed by atoms with E-state index >= 15 is 0 Å². The van der Waals surface area contributed by atoms with Gasteiger partial charge in [-0.15, -0.1) is 0 Å². The van der Waals surface area contributed by atoms with Gasteiger partial charge in [-0.1, -0.05) is 6.07 Å². The van der Waals surface area contributed by atoms with Crippen LogP contribution in [0.1, 0.15) is 5.56 Å². The number of halogens is 2. The van der Waals surface area contributed by atoms with E-state index in [9.17, 15) is 13.6 Å². The number of carbonyl (C=O) groups is 1. The van der Waals surface area contributed by atoms with Gasteiger partial charge in [0.2, 0.25) is 5.91 Å². The van der Waals surface area contributed by atoms with Gasteiger partial charge in [0.1, 0.15) is 0 Å². The van der Waals surface area contributed by atoms with E-state index < -0.39 is 17.6 Å². The van der Waals surface area contributed by atoms with Gasteiger partial charge in [-0.05, 0) is 31.2 Å². The molecule has 1 fully saturated rings. The zero-order chi connectivity index (χ0) is 15.4. The fourth-order valence-electron chi connectivity index (χ4n) is 2.51. The summed E-state index contributed by atoms with van der Waals surface area (Å²) in [4.78, 5) is 16.4. The van der Waals surface area contributed by atoms with E-state index in [2.05, 4.69) is 4.90 Å². The van der Waals surface area contributed by atoms with Crippen LogP contribution in [0.4, 0.5) is 8.78 Å². The first kappa shape index (κ1) is 15.9. The normalized spacial score (nSPS) is 17.8. The zero-order valence-electron chi connectivity index (χ0n) is 12.2. The first-order chi connectivity index (χ1) is 10.0. The summed E-state index contributed by atoms with van der Waals surface area (Å²) in [6, 6.07) is 3.71. The third kappa shape index (κ3) is 3.98. The molecular weight excluding hydrogens is 276 g/mol. The van der Waals surface area contributed by atoms with E-state index in [0.29, 0.717) is 25.1 Å². The molecule has 116 valence electrons. The molecule has 1 aliphatic heterocycles. The number of rotatable bonds is 4. The molecule has 4 nitrogen and oxygen atoms in total. The van der Waals surface area contributed by atoms with Crippen molar-refractivity contribution in [2.24, 2.45) is 11.7 Å². The van der Waals surface area contributed by atoms with E-state index in [4.69, 9.17) is 5.73 Å². The summed E-state index contributed by atoms with van der Waals surface area (Å²) in [7, 11) is 2.02. The lowest BCUT2D eigenvalue weighted by Crippen LogP contribution is -2.50. The van der Waals surface area contributed by atoms with Gasteiger partial charge in [-0.2, -0.15) is 0 Å². The van der Waals surface area contributed by atoms with E-state index in [-0.39, 0.29) is 12.5 Å². The van der Waals surface area contributed by atoms with Crippen LogP contribution in [-0.2, 0) is 11.2 Å². The van der Waals surface area contributed by atoms with Crippen molar-refractivity contribution in [2.75, 3.05) is 39.8 Å². The standard InChI is InChI=1S/C15H21F2N3O/c1-19-4-6-20(7-5-19)15(21)12(10-18)8-11-2-3-13(16)14(17)9-11/h2-3,9,12H,4-8,10,18H2,1H3. The summed E-state index contributed by atoms with van der Waals surface area (Å²) < 4.78 is 26.1. The van der Waals surface area contributed by atoms with Gasteiger partial charge in [-0.3, -0.25) is 4.79 Å². The van der Waals surface area contributed by atoms with Crippen LogP contribution in [0.15, 0.2) is 18.2 Å². The van der Waals surface area contributed by atoms with E-state index in [1.165, 1.54) is 6.07 Å². The van der Waals surface area contributed by atoms with Gasteiger partial charge >= 0.3 is 0 Å². The molecule has 1 unspecified atom stereocenters. The molecule has 2 N–H and O–H groups in total. The lowest BCUT2D eigenvalue weighted by molar-refractivity contribution is -0.136. The van der Waals surface area contributed by atoms with Crippen LogP contribution >= 0.6 is 0 Å². The number of carbonyl (C=O) groups excluding carboxylic acids is 1. The highest BCUT2D eigenvalue weighted by Gasteiger charge is 2.26. The van der Waals surface area contributed by atoms with Gasteiger partial charge in [-0.25, -0.2) is 8.78 Å². The maximum absolute atomic E-state index is 13.2. The van der Waals surface area contributed by atoms with Crippen molar-refractivity contribution >= 4 is 5.91 Å². The first-order valence-electron chi connectivity index (χ1n) is 7.12. The largest absolute Gasteiger partial charge is 0.340 e. The molecule has 1 amide bonds. The molecule has 2 rings (SSSR count). The molecule has 1 aromatic carbocycles. The van der Waals surface area contributed by atoms with E-state index in [1.54, 1.807) is 4.90 Å². The highest BCUT2D eigenvalue weighted by Crippen LogP contribution is 2.15. The van der Waals surface area contributed by atoms with Crippen molar-refractivity contribution < 1.29 is 13.6 Å². The van der Waals surface area contributed by atoms with Crippen LogP contribution in [-0.4, -0.2) is 55.5 Å². The summed E-state index contributed by atoms with van der Waals surface area (Å²) in [6.45, 7) is 3.25. The van der Waals surface area contributed by atoms with Gasteiger partial charge in [0.15, 0.2) is 11.6 Å². The van der Waals surface area contributed by atoms with Gasteiger partial charge in [0.25, 0.3) is 0 Å². The molecule has 0 radical (unpaired) electrons. The molecule has 0 aromatic heterocycles. The number of piperazine rings is 1. The quantitative estimate of drug-likeness (QED) is 0.896. The van der Waals surface area contributed by atoms with Crippen LogP contribution in [0, 0.1) is 17.6 Å². The number of benzene rings is 1. The lowest BCUT2D eigenvalue weighted by atomic mass is 9.97. The molecule has 1 atom stereocenters. The van der Waals surface area contributed by atoms with E-state index in [1.807, 2.05) is 7.05 Å². The summed E-state index contributed by atoms with van der Waals surface area (Å²) >= 11 is 0. The van der Waals surface area contributed by atoms with Crippen molar-refractivity contribution in [3.8, 4) is 0 Å². The number of hydrogen-bond donors (Lipinski definition) is 1. The molecule has 0 aliphatic carbocycles. The maximum atomic E-state index is 13.2. The predicted octanol–water partition coefficient (Wildman–Crippen LogP) is 0.856. The zero-order valence-corrected chi connectivity index (χ0v) is 12.2. The second-order valence-electron chi connectivity index (χ2n) is 5.51. The average Bonchev–Trinajstić information content (AvgIpc) is 2.48. The van der Waals surface area contributed by atoms with Crippen molar-refractivity contribution in [1.82, 2.24) is 9.80 Å². The smallest absolute Gasteiger partial charge is 0.227 e. The fourth-order valence-corrected chi connectivity index (χ4v) is 2.51. The third-order valence-corrected chi connectivity index (χ3v) is 3.91. The minimum atomic E-state index is -0.893. The molecular formula is C15H21F2N3O. The van der Waals surface area contributed by atoms with Gasteiger partial charge in [0.05, 0.1) is 5.92 Å². The molecule has 1 aromatic rings. The molecule has 6 heteroatoms. The summed E-state index contributed by atoms with van der Waals surface area (Å²) in [6.07, 6.45) is 0.332. The summed E-state index contributed by atoms with van der Waals surface area (Å²) in [5.41, 5.74) is 6.29. The Hall–Kier alpha value is -1.53. The SMILES string of the molecule is CN1CCN(C(=O)C(CN)Cc2ccc(F)c(F)c2)CC1. The number of hydrogen-bond acceptors (Lipinski definition) is 3. The van der Waals surface area contributed by atoms with Crippen molar-refractivity contribution in [3.63, 3.8) is 0 Å². The number of amides is 1. The van der Waals surface area contributed by atoms with Crippen LogP contribution in [0.25, 0.3) is 0 Å². The van der Waals surface area contributed by atoms with E-state index in [0.717, 1.165) is 25.2 Å². The van der Waals surface area contributed by atoms with Crippen LogP contribution in [0.5, 0.6) is 0 Å². The Morgan fingerprint density at radius 2 is 1.90 bits per heavy atom. The van der Waals surface area contributed by atoms with Crippen molar-refractivity contribution in [2.45, 2.75) is 6.42 Å².